The number of benzene rings is 2. The molecule has 0 saturated carbocycles. The van der Waals surface area contributed by atoms with E-state index >= 15 is 0 Å². The Morgan fingerprint density at radius 1 is 1.10 bits per heavy atom. The summed E-state index contributed by atoms with van der Waals surface area (Å²) in [5.74, 6) is -0.0148. The van der Waals surface area contributed by atoms with E-state index in [2.05, 4.69) is 26.6 Å². The van der Waals surface area contributed by atoms with E-state index in [1.54, 1.807) is 54.2 Å². The first kappa shape index (κ1) is 19.7. The van der Waals surface area contributed by atoms with Gasteiger partial charge in [-0.25, -0.2) is 4.39 Å². The summed E-state index contributed by atoms with van der Waals surface area (Å²) in [6.45, 7) is 0. The third-order valence-electron chi connectivity index (χ3n) is 4.50. The molecule has 1 aromatic heterocycles. The average molecular weight is 475 g/mol. The molecule has 8 heteroatoms. The van der Waals surface area contributed by atoms with E-state index in [1.165, 1.54) is 12.1 Å². The minimum atomic E-state index is -0.415. The van der Waals surface area contributed by atoms with Crippen LogP contribution in [0, 0.1) is 5.82 Å². The lowest BCUT2D eigenvalue weighted by molar-refractivity contribution is 0.0933. The average Bonchev–Trinajstić information content (AvgIpc) is 3.15. The molecule has 4 rings (SSSR count). The van der Waals surface area contributed by atoms with Crippen molar-refractivity contribution in [2.75, 3.05) is 11.1 Å². The SMILES string of the molecule is O=C(NC1CCSc2ccc(F)cc21)c1cccc(NC(=O)c2ccc(Br)o2)c1. The van der Waals surface area contributed by atoms with Crippen LogP contribution in [0.3, 0.4) is 0 Å². The number of fused-ring (bicyclic) bond motifs is 1. The molecule has 29 heavy (non-hydrogen) atoms. The number of amides is 2. The third-order valence-corrected chi connectivity index (χ3v) is 6.05. The molecule has 2 aromatic carbocycles. The van der Waals surface area contributed by atoms with Gasteiger partial charge in [-0.15, -0.1) is 11.8 Å². The quantitative estimate of drug-likeness (QED) is 0.530. The Morgan fingerprint density at radius 3 is 2.76 bits per heavy atom. The van der Waals surface area contributed by atoms with E-state index in [0.717, 1.165) is 22.6 Å². The second-order valence-electron chi connectivity index (χ2n) is 6.48. The van der Waals surface area contributed by atoms with Crippen LogP contribution in [0.1, 0.15) is 38.9 Å². The fourth-order valence-electron chi connectivity index (χ4n) is 3.12. The van der Waals surface area contributed by atoms with Crippen LogP contribution >= 0.6 is 27.7 Å². The molecule has 2 amide bonds. The number of anilines is 1. The van der Waals surface area contributed by atoms with Crippen LogP contribution < -0.4 is 10.6 Å². The fourth-order valence-corrected chi connectivity index (χ4v) is 4.54. The summed E-state index contributed by atoms with van der Waals surface area (Å²) >= 11 is 4.81. The van der Waals surface area contributed by atoms with Crippen LogP contribution in [0.15, 0.2) is 68.6 Å². The van der Waals surface area contributed by atoms with E-state index in [-0.39, 0.29) is 23.5 Å². The van der Waals surface area contributed by atoms with Gasteiger partial charge in [0.15, 0.2) is 10.4 Å². The van der Waals surface area contributed by atoms with Gasteiger partial charge in [0, 0.05) is 21.9 Å². The van der Waals surface area contributed by atoms with Crippen molar-refractivity contribution in [3.8, 4) is 0 Å². The lowest BCUT2D eigenvalue weighted by Gasteiger charge is -2.26. The topological polar surface area (TPSA) is 71.3 Å². The van der Waals surface area contributed by atoms with E-state index in [9.17, 15) is 14.0 Å². The van der Waals surface area contributed by atoms with Gasteiger partial charge >= 0.3 is 0 Å². The number of hydrogen-bond acceptors (Lipinski definition) is 4. The lowest BCUT2D eigenvalue weighted by atomic mass is 10.0. The number of rotatable bonds is 4. The van der Waals surface area contributed by atoms with Crippen molar-refractivity contribution in [1.82, 2.24) is 5.32 Å². The van der Waals surface area contributed by atoms with Crippen molar-refractivity contribution >= 4 is 45.2 Å². The van der Waals surface area contributed by atoms with E-state index in [4.69, 9.17) is 4.42 Å². The second-order valence-corrected chi connectivity index (χ2v) is 8.40. The summed E-state index contributed by atoms with van der Waals surface area (Å²) in [5, 5.41) is 5.68. The monoisotopic (exact) mass is 474 g/mol. The van der Waals surface area contributed by atoms with Gasteiger partial charge < -0.3 is 15.1 Å². The van der Waals surface area contributed by atoms with Crippen LogP contribution in [0.4, 0.5) is 10.1 Å². The summed E-state index contributed by atoms with van der Waals surface area (Å²) < 4.78 is 19.4. The van der Waals surface area contributed by atoms with Crippen LogP contribution in [-0.4, -0.2) is 17.6 Å². The molecule has 0 fully saturated rings. The second kappa shape index (κ2) is 8.42. The van der Waals surface area contributed by atoms with Gasteiger partial charge in [-0.3, -0.25) is 9.59 Å². The fraction of sp³-hybridized carbons (Fsp3) is 0.143. The zero-order valence-electron chi connectivity index (χ0n) is 15.1. The van der Waals surface area contributed by atoms with Crippen molar-refractivity contribution in [2.24, 2.45) is 0 Å². The normalized spacial score (nSPS) is 15.4. The Morgan fingerprint density at radius 2 is 1.97 bits per heavy atom. The molecule has 1 aliphatic rings. The Hall–Kier alpha value is -2.58. The maximum Gasteiger partial charge on any atom is 0.291 e. The van der Waals surface area contributed by atoms with Gasteiger partial charge in [0.05, 0.1) is 6.04 Å². The first-order valence-electron chi connectivity index (χ1n) is 8.89. The lowest BCUT2D eigenvalue weighted by Crippen LogP contribution is -2.30. The minimum Gasteiger partial charge on any atom is -0.444 e. The van der Waals surface area contributed by atoms with Crippen molar-refractivity contribution in [3.63, 3.8) is 0 Å². The molecule has 0 aliphatic carbocycles. The standard InChI is InChI=1S/C21H16BrFN2O3S/c22-19-7-5-17(28-19)21(27)24-14-3-1-2-12(10-14)20(26)25-16-8-9-29-18-6-4-13(23)11-15(16)18/h1-7,10-11,16H,8-9H2,(H,24,27)(H,25,26). The first-order valence-corrected chi connectivity index (χ1v) is 10.7. The Kier molecular flexibility index (Phi) is 5.73. The highest BCUT2D eigenvalue weighted by Gasteiger charge is 2.23. The molecule has 2 N–H and O–H groups in total. The molecule has 0 saturated heterocycles. The predicted molar refractivity (Wildman–Crippen MR) is 113 cm³/mol. The van der Waals surface area contributed by atoms with E-state index in [1.807, 2.05) is 0 Å². The van der Waals surface area contributed by atoms with Crippen LogP contribution in [0.2, 0.25) is 0 Å². The van der Waals surface area contributed by atoms with Crippen LogP contribution in [-0.2, 0) is 0 Å². The smallest absolute Gasteiger partial charge is 0.291 e. The number of hydrogen-bond donors (Lipinski definition) is 2. The van der Waals surface area contributed by atoms with Crippen molar-refractivity contribution in [1.29, 1.82) is 0 Å². The molecule has 1 aliphatic heterocycles. The predicted octanol–water partition coefficient (Wildman–Crippen LogP) is 5.40. The highest BCUT2D eigenvalue weighted by atomic mass is 79.9. The van der Waals surface area contributed by atoms with Gasteiger partial charge in [0.2, 0.25) is 0 Å². The largest absolute Gasteiger partial charge is 0.444 e. The Labute approximate surface area is 179 Å². The molecule has 0 spiro atoms. The van der Waals surface area contributed by atoms with Gasteiger partial charge in [-0.2, -0.15) is 0 Å². The van der Waals surface area contributed by atoms with Crippen LogP contribution in [0.5, 0.6) is 0 Å². The van der Waals surface area contributed by atoms with Gasteiger partial charge in [0.1, 0.15) is 5.82 Å². The summed E-state index contributed by atoms with van der Waals surface area (Å²) in [5.41, 5.74) is 1.67. The maximum atomic E-state index is 13.7. The van der Waals surface area contributed by atoms with Gasteiger partial charge in [-0.1, -0.05) is 6.07 Å². The van der Waals surface area contributed by atoms with Crippen LogP contribution in [0.25, 0.3) is 0 Å². The maximum absolute atomic E-state index is 13.7. The van der Waals surface area contributed by atoms with Gasteiger partial charge in [-0.05, 0) is 76.4 Å². The molecule has 0 bridgehead atoms. The molecule has 1 atom stereocenters. The molecule has 0 radical (unpaired) electrons. The highest BCUT2D eigenvalue weighted by molar-refractivity contribution is 9.10. The molecule has 5 nitrogen and oxygen atoms in total. The van der Waals surface area contributed by atoms with Crippen molar-refractivity contribution < 1.29 is 18.4 Å². The third kappa shape index (κ3) is 4.54. The molecular formula is C21H16BrFN2O3S. The zero-order valence-corrected chi connectivity index (χ0v) is 17.5. The first-order chi connectivity index (χ1) is 14.0. The molecule has 148 valence electrons. The van der Waals surface area contributed by atoms with E-state index < -0.39 is 5.91 Å². The Balaban J connectivity index is 1.48. The number of furan rings is 1. The highest BCUT2D eigenvalue weighted by Crippen LogP contribution is 2.36. The van der Waals surface area contributed by atoms with Crippen molar-refractivity contribution in [2.45, 2.75) is 17.4 Å². The van der Waals surface area contributed by atoms with Gasteiger partial charge in [0.25, 0.3) is 11.8 Å². The number of thioether (sulfide) groups is 1. The molecular weight excluding hydrogens is 459 g/mol. The summed E-state index contributed by atoms with van der Waals surface area (Å²) in [4.78, 5) is 26.0. The minimum absolute atomic E-state index is 0.157. The van der Waals surface area contributed by atoms with Crippen molar-refractivity contribution in [3.05, 3.63) is 82.0 Å². The molecule has 2 heterocycles. The summed E-state index contributed by atoms with van der Waals surface area (Å²) in [6, 6.07) is 14.2. The number of carbonyl (C=O) groups is 2. The molecule has 1 unspecified atom stereocenters. The molecule has 3 aromatic rings. The summed E-state index contributed by atoms with van der Waals surface area (Å²) in [7, 11) is 0. The summed E-state index contributed by atoms with van der Waals surface area (Å²) in [6.07, 6.45) is 0.719. The zero-order chi connectivity index (χ0) is 20.4. The number of halogens is 2. The number of nitrogens with one attached hydrogen (secondary N) is 2. The van der Waals surface area contributed by atoms with E-state index in [0.29, 0.717) is 15.9 Å². The Bertz CT molecular complexity index is 1090. The number of carbonyl (C=O) groups excluding carboxylic acids is 2.